The Hall–Kier alpha value is -4.87. The summed E-state index contributed by atoms with van der Waals surface area (Å²) in [6.07, 6.45) is -3.34. The molecule has 0 heterocycles. The number of methoxy groups -OCH3 is 1. The number of hydrazone groups is 1. The molecule has 0 saturated heterocycles. The molecular formula is C25H21F3N4O5. The molecule has 0 aromatic heterocycles. The third-order valence-electron chi connectivity index (χ3n) is 4.66. The monoisotopic (exact) mass is 514 g/mol. The topological polar surface area (TPSA) is 118 Å². The van der Waals surface area contributed by atoms with Crippen LogP contribution in [-0.2, 0) is 20.6 Å². The Bertz CT molecular complexity index is 1290. The Balaban J connectivity index is 1.46. The van der Waals surface area contributed by atoms with Crippen molar-refractivity contribution >= 4 is 35.3 Å². The Kier molecular flexibility index (Phi) is 8.81. The Morgan fingerprint density at radius 3 is 2.35 bits per heavy atom. The van der Waals surface area contributed by atoms with Gasteiger partial charge in [-0.05, 0) is 60.2 Å². The molecule has 0 bridgehead atoms. The van der Waals surface area contributed by atoms with E-state index in [-0.39, 0.29) is 18.2 Å². The average Bonchev–Trinajstić information content (AvgIpc) is 2.88. The molecule has 0 aliphatic rings. The first kappa shape index (κ1) is 26.7. The highest BCUT2D eigenvalue weighted by atomic mass is 19.4. The molecule has 3 aromatic carbocycles. The summed E-state index contributed by atoms with van der Waals surface area (Å²) in [6, 6.07) is 17.1. The highest BCUT2D eigenvalue weighted by molar-refractivity contribution is 6.39. The van der Waals surface area contributed by atoms with Gasteiger partial charge in [-0.2, -0.15) is 18.3 Å². The van der Waals surface area contributed by atoms with Gasteiger partial charge in [0, 0.05) is 5.69 Å². The molecule has 0 radical (unpaired) electrons. The smallest absolute Gasteiger partial charge is 0.416 e. The van der Waals surface area contributed by atoms with Crippen molar-refractivity contribution in [3.63, 3.8) is 0 Å². The molecule has 192 valence electrons. The first-order chi connectivity index (χ1) is 17.7. The molecule has 3 N–H and O–H groups in total. The molecule has 9 nitrogen and oxygen atoms in total. The third kappa shape index (κ3) is 8.09. The maximum Gasteiger partial charge on any atom is 0.416 e. The molecular weight excluding hydrogens is 493 g/mol. The molecule has 3 amide bonds. The number of benzene rings is 3. The second-order valence-corrected chi connectivity index (χ2v) is 7.34. The van der Waals surface area contributed by atoms with Crippen LogP contribution in [0.3, 0.4) is 0 Å². The number of anilines is 2. The average molecular weight is 514 g/mol. The number of hydrogen-bond acceptors (Lipinski definition) is 6. The lowest BCUT2D eigenvalue weighted by Crippen LogP contribution is -2.32. The number of rotatable bonds is 8. The van der Waals surface area contributed by atoms with E-state index in [1.807, 2.05) is 5.43 Å². The van der Waals surface area contributed by atoms with Gasteiger partial charge in [0.25, 0.3) is 5.91 Å². The number of amides is 3. The summed E-state index contributed by atoms with van der Waals surface area (Å²) in [5, 5.41) is 8.40. The molecule has 0 aliphatic heterocycles. The lowest BCUT2D eigenvalue weighted by Gasteiger charge is -2.10. The molecule has 0 unspecified atom stereocenters. The summed E-state index contributed by atoms with van der Waals surface area (Å²) in [5.74, 6) is -1.83. The van der Waals surface area contributed by atoms with Crippen molar-refractivity contribution in [3.8, 4) is 11.5 Å². The van der Waals surface area contributed by atoms with Gasteiger partial charge in [-0.1, -0.05) is 18.2 Å². The van der Waals surface area contributed by atoms with Crippen LogP contribution in [0.25, 0.3) is 0 Å². The molecule has 12 heteroatoms. The maximum atomic E-state index is 12.8. The standard InChI is InChI=1S/C25H21F3N4O5/c1-36-21-8-3-2-7-20(21)31-22(33)15-37-19-11-9-16(10-12-19)14-29-32-24(35)23(34)30-18-6-4-5-17(13-18)25(26,27)28/h2-14H,15H2,1H3,(H,30,34)(H,31,33)(H,32,35)/b29-14-. The third-order valence-corrected chi connectivity index (χ3v) is 4.66. The predicted molar refractivity (Wildman–Crippen MR) is 129 cm³/mol. The van der Waals surface area contributed by atoms with Gasteiger partial charge in [0.05, 0.1) is 24.6 Å². The second kappa shape index (κ2) is 12.2. The summed E-state index contributed by atoms with van der Waals surface area (Å²) in [5.41, 5.74) is 1.87. The van der Waals surface area contributed by atoms with E-state index < -0.39 is 23.6 Å². The fourth-order valence-electron chi connectivity index (χ4n) is 2.91. The molecule has 0 aliphatic carbocycles. The van der Waals surface area contributed by atoms with Gasteiger partial charge in [-0.25, -0.2) is 5.43 Å². The van der Waals surface area contributed by atoms with Gasteiger partial charge < -0.3 is 20.1 Å². The highest BCUT2D eigenvalue weighted by Crippen LogP contribution is 2.30. The SMILES string of the molecule is COc1ccccc1NC(=O)COc1ccc(/C=N\NC(=O)C(=O)Nc2cccc(C(F)(F)F)c2)cc1. The van der Waals surface area contributed by atoms with E-state index in [1.54, 1.807) is 48.5 Å². The Morgan fingerprint density at radius 2 is 1.65 bits per heavy atom. The molecule has 0 fully saturated rings. The molecule has 0 atom stereocenters. The minimum atomic E-state index is -4.59. The fourth-order valence-corrected chi connectivity index (χ4v) is 2.91. The van der Waals surface area contributed by atoms with Crippen LogP contribution in [0.4, 0.5) is 24.5 Å². The zero-order chi connectivity index (χ0) is 26.8. The van der Waals surface area contributed by atoms with E-state index in [0.29, 0.717) is 28.8 Å². The second-order valence-electron chi connectivity index (χ2n) is 7.34. The molecule has 0 spiro atoms. The van der Waals surface area contributed by atoms with E-state index in [4.69, 9.17) is 9.47 Å². The Labute approximate surface area is 209 Å². The zero-order valence-corrected chi connectivity index (χ0v) is 19.3. The molecule has 0 saturated carbocycles. The van der Waals surface area contributed by atoms with Crippen LogP contribution in [0.1, 0.15) is 11.1 Å². The van der Waals surface area contributed by atoms with Crippen LogP contribution < -0.4 is 25.5 Å². The van der Waals surface area contributed by atoms with Gasteiger partial charge in [0.2, 0.25) is 0 Å². The normalized spacial score (nSPS) is 11.0. The summed E-state index contributed by atoms with van der Waals surface area (Å²) in [4.78, 5) is 35.9. The largest absolute Gasteiger partial charge is 0.495 e. The van der Waals surface area contributed by atoms with Gasteiger partial charge in [0.1, 0.15) is 11.5 Å². The number of nitrogens with zero attached hydrogens (tertiary/aromatic N) is 1. The van der Waals surface area contributed by atoms with Crippen molar-refractivity contribution in [2.45, 2.75) is 6.18 Å². The van der Waals surface area contributed by atoms with Crippen LogP contribution in [0.15, 0.2) is 77.9 Å². The van der Waals surface area contributed by atoms with E-state index in [2.05, 4.69) is 15.7 Å². The minimum absolute atomic E-state index is 0.189. The minimum Gasteiger partial charge on any atom is -0.495 e. The van der Waals surface area contributed by atoms with Crippen molar-refractivity contribution in [1.29, 1.82) is 0 Å². The van der Waals surface area contributed by atoms with Crippen LogP contribution in [0.2, 0.25) is 0 Å². The Morgan fingerprint density at radius 1 is 0.919 bits per heavy atom. The van der Waals surface area contributed by atoms with Crippen LogP contribution >= 0.6 is 0 Å². The molecule has 37 heavy (non-hydrogen) atoms. The van der Waals surface area contributed by atoms with E-state index >= 15 is 0 Å². The summed E-state index contributed by atoms with van der Waals surface area (Å²) in [6.45, 7) is -0.247. The van der Waals surface area contributed by atoms with Crippen molar-refractivity contribution < 1.29 is 37.0 Å². The number of para-hydroxylation sites is 2. The van der Waals surface area contributed by atoms with Crippen LogP contribution in [0.5, 0.6) is 11.5 Å². The van der Waals surface area contributed by atoms with Crippen LogP contribution in [0, 0.1) is 0 Å². The predicted octanol–water partition coefficient (Wildman–Crippen LogP) is 3.82. The van der Waals surface area contributed by atoms with Crippen molar-refractivity contribution in [2.24, 2.45) is 5.10 Å². The number of nitrogens with one attached hydrogen (secondary N) is 3. The molecule has 3 rings (SSSR count). The number of carbonyl (C=O) groups is 3. The van der Waals surface area contributed by atoms with E-state index in [0.717, 1.165) is 12.1 Å². The lowest BCUT2D eigenvalue weighted by molar-refractivity contribution is -0.137. The summed E-state index contributed by atoms with van der Waals surface area (Å²) < 4.78 is 48.9. The van der Waals surface area contributed by atoms with Gasteiger partial charge >= 0.3 is 18.0 Å². The first-order valence-electron chi connectivity index (χ1n) is 10.6. The van der Waals surface area contributed by atoms with Gasteiger partial charge in [-0.3, -0.25) is 14.4 Å². The summed E-state index contributed by atoms with van der Waals surface area (Å²) in [7, 11) is 1.49. The van der Waals surface area contributed by atoms with Crippen molar-refractivity contribution in [3.05, 3.63) is 83.9 Å². The van der Waals surface area contributed by atoms with Crippen molar-refractivity contribution in [1.82, 2.24) is 5.43 Å². The number of carbonyl (C=O) groups excluding carboxylic acids is 3. The van der Waals surface area contributed by atoms with Crippen LogP contribution in [-0.4, -0.2) is 37.7 Å². The zero-order valence-electron chi connectivity index (χ0n) is 19.3. The first-order valence-corrected chi connectivity index (χ1v) is 10.6. The fraction of sp³-hybridized carbons (Fsp3) is 0.120. The highest BCUT2D eigenvalue weighted by Gasteiger charge is 2.30. The van der Waals surface area contributed by atoms with Crippen molar-refractivity contribution in [2.75, 3.05) is 24.4 Å². The quantitative estimate of drug-likeness (QED) is 0.240. The lowest BCUT2D eigenvalue weighted by atomic mass is 10.2. The van der Waals surface area contributed by atoms with Gasteiger partial charge in [-0.15, -0.1) is 0 Å². The number of alkyl halides is 3. The maximum absolute atomic E-state index is 12.8. The number of ether oxygens (including phenoxy) is 2. The van der Waals surface area contributed by atoms with E-state index in [9.17, 15) is 27.6 Å². The van der Waals surface area contributed by atoms with E-state index in [1.165, 1.54) is 19.4 Å². The number of halogens is 3. The molecule has 3 aromatic rings. The summed E-state index contributed by atoms with van der Waals surface area (Å²) >= 11 is 0. The van der Waals surface area contributed by atoms with Gasteiger partial charge in [0.15, 0.2) is 6.61 Å². The number of hydrogen-bond donors (Lipinski definition) is 3.